The Morgan fingerprint density at radius 2 is 1.81 bits per heavy atom. The molecular formula is C20H18N4O2S. The Hall–Kier alpha value is -3.06. The van der Waals surface area contributed by atoms with Crippen molar-refractivity contribution in [1.82, 2.24) is 19.4 Å². The molecule has 0 aliphatic heterocycles. The predicted molar refractivity (Wildman–Crippen MR) is 105 cm³/mol. The van der Waals surface area contributed by atoms with Crippen LogP contribution in [0.1, 0.15) is 31.8 Å². The van der Waals surface area contributed by atoms with Gasteiger partial charge in [0.05, 0.1) is 28.4 Å². The van der Waals surface area contributed by atoms with Gasteiger partial charge in [0.15, 0.2) is 0 Å². The van der Waals surface area contributed by atoms with Crippen LogP contribution in [0.5, 0.6) is 5.88 Å². The lowest BCUT2D eigenvalue weighted by Crippen LogP contribution is -2.07. The molecule has 0 spiro atoms. The Morgan fingerprint density at radius 3 is 2.44 bits per heavy atom. The third kappa shape index (κ3) is 3.00. The smallest absolute Gasteiger partial charge is 0.223 e. The van der Waals surface area contributed by atoms with E-state index in [0.717, 1.165) is 27.5 Å². The average molecular weight is 378 g/mol. The highest BCUT2D eigenvalue weighted by Gasteiger charge is 2.22. The van der Waals surface area contributed by atoms with Crippen LogP contribution in [0.4, 0.5) is 0 Å². The standard InChI is InChI=1S/C20H18N4O2S/c1-11-18(19(25)20-12(2)22-13(3)27-20)24-10-15(5-7-16(24)23-11)14-6-8-17(26-4)21-9-14/h5-10H,1-4H3. The van der Waals surface area contributed by atoms with E-state index in [-0.39, 0.29) is 5.78 Å². The van der Waals surface area contributed by atoms with Crippen LogP contribution in [0.25, 0.3) is 16.8 Å². The summed E-state index contributed by atoms with van der Waals surface area (Å²) in [6.45, 7) is 5.63. The van der Waals surface area contributed by atoms with Gasteiger partial charge in [-0.05, 0) is 39.0 Å². The van der Waals surface area contributed by atoms with E-state index in [1.165, 1.54) is 11.3 Å². The minimum absolute atomic E-state index is 0.0481. The summed E-state index contributed by atoms with van der Waals surface area (Å²) in [4.78, 5) is 27.0. The summed E-state index contributed by atoms with van der Waals surface area (Å²) in [5.74, 6) is 0.512. The first-order valence-electron chi connectivity index (χ1n) is 8.46. The first-order chi connectivity index (χ1) is 13.0. The van der Waals surface area contributed by atoms with E-state index >= 15 is 0 Å². The number of aryl methyl sites for hydroxylation is 3. The van der Waals surface area contributed by atoms with E-state index in [9.17, 15) is 4.79 Å². The molecule has 0 aromatic carbocycles. The van der Waals surface area contributed by atoms with E-state index < -0.39 is 0 Å². The fourth-order valence-corrected chi connectivity index (χ4v) is 3.99. The maximum absolute atomic E-state index is 13.2. The van der Waals surface area contributed by atoms with Gasteiger partial charge in [-0.3, -0.25) is 9.20 Å². The molecule has 0 radical (unpaired) electrons. The Kier molecular flexibility index (Phi) is 4.24. The summed E-state index contributed by atoms with van der Waals surface area (Å²) in [5, 5.41) is 0.882. The van der Waals surface area contributed by atoms with Crippen LogP contribution in [-0.2, 0) is 0 Å². The molecule has 4 heterocycles. The number of ketones is 1. The number of nitrogens with zero attached hydrogens (tertiary/aromatic N) is 4. The lowest BCUT2D eigenvalue weighted by atomic mass is 10.1. The zero-order valence-electron chi connectivity index (χ0n) is 15.5. The SMILES string of the molecule is COc1ccc(-c2ccc3nc(C)c(C(=O)c4sc(C)nc4C)n3c2)cn1. The summed E-state index contributed by atoms with van der Waals surface area (Å²) in [6, 6.07) is 7.64. The molecule has 4 rings (SSSR count). The third-order valence-corrected chi connectivity index (χ3v) is 5.47. The number of carbonyl (C=O) groups is 1. The second-order valence-electron chi connectivity index (χ2n) is 6.26. The lowest BCUT2D eigenvalue weighted by Gasteiger charge is -2.06. The highest BCUT2D eigenvalue weighted by atomic mass is 32.1. The first kappa shape index (κ1) is 17.4. The van der Waals surface area contributed by atoms with Gasteiger partial charge in [0.25, 0.3) is 0 Å². The number of thiazole rings is 1. The molecule has 0 bridgehead atoms. The fourth-order valence-electron chi connectivity index (χ4n) is 3.13. The maximum Gasteiger partial charge on any atom is 0.223 e. The Balaban J connectivity index is 1.84. The minimum atomic E-state index is -0.0481. The van der Waals surface area contributed by atoms with E-state index in [0.29, 0.717) is 22.1 Å². The van der Waals surface area contributed by atoms with Gasteiger partial charge in [-0.1, -0.05) is 0 Å². The highest BCUT2D eigenvalue weighted by Crippen LogP contribution is 2.26. The number of methoxy groups -OCH3 is 1. The van der Waals surface area contributed by atoms with Crippen molar-refractivity contribution in [2.75, 3.05) is 7.11 Å². The largest absolute Gasteiger partial charge is 0.481 e. The number of ether oxygens (including phenoxy) is 1. The number of aromatic nitrogens is 4. The van der Waals surface area contributed by atoms with Crippen LogP contribution in [-0.4, -0.2) is 32.2 Å². The van der Waals surface area contributed by atoms with Crippen LogP contribution < -0.4 is 4.74 Å². The monoisotopic (exact) mass is 378 g/mol. The molecule has 0 atom stereocenters. The Labute approximate surface area is 160 Å². The number of fused-ring (bicyclic) bond motifs is 1. The molecule has 0 aliphatic rings. The molecule has 4 aromatic rings. The molecule has 0 fully saturated rings. The predicted octanol–water partition coefficient (Wildman–Crippen LogP) is 4.02. The Morgan fingerprint density at radius 1 is 1.04 bits per heavy atom. The van der Waals surface area contributed by atoms with Crippen LogP contribution in [0.15, 0.2) is 36.7 Å². The quantitative estimate of drug-likeness (QED) is 0.502. The number of imidazole rings is 1. The van der Waals surface area contributed by atoms with Gasteiger partial charge in [-0.2, -0.15) is 0 Å². The van der Waals surface area contributed by atoms with Crippen molar-refractivity contribution in [2.45, 2.75) is 20.8 Å². The number of pyridine rings is 2. The number of rotatable bonds is 4. The molecule has 0 N–H and O–H groups in total. The molecule has 136 valence electrons. The van der Waals surface area contributed by atoms with Gasteiger partial charge in [0.1, 0.15) is 11.3 Å². The van der Waals surface area contributed by atoms with Crippen molar-refractivity contribution in [2.24, 2.45) is 0 Å². The number of hydrogen-bond acceptors (Lipinski definition) is 6. The summed E-state index contributed by atoms with van der Waals surface area (Å²) in [6.07, 6.45) is 3.68. The zero-order chi connectivity index (χ0) is 19.1. The van der Waals surface area contributed by atoms with Gasteiger partial charge < -0.3 is 4.74 Å². The van der Waals surface area contributed by atoms with Crippen molar-refractivity contribution < 1.29 is 9.53 Å². The van der Waals surface area contributed by atoms with Crippen molar-refractivity contribution in [1.29, 1.82) is 0 Å². The van der Waals surface area contributed by atoms with Crippen molar-refractivity contribution in [3.8, 4) is 17.0 Å². The van der Waals surface area contributed by atoms with Crippen LogP contribution in [0, 0.1) is 20.8 Å². The van der Waals surface area contributed by atoms with Gasteiger partial charge in [0, 0.05) is 29.6 Å². The molecule has 0 unspecified atom stereocenters. The maximum atomic E-state index is 13.2. The molecule has 0 saturated carbocycles. The normalized spacial score (nSPS) is 11.1. The van der Waals surface area contributed by atoms with E-state index in [2.05, 4.69) is 15.0 Å². The van der Waals surface area contributed by atoms with Crippen molar-refractivity contribution in [3.63, 3.8) is 0 Å². The highest BCUT2D eigenvalue weighted by molar-refractivity contribution is 7.14. The number of hydrogen-bond donors (Lipinski definition) is 0. The average Bonchev–Trinajstić information content (AvgIpc) is 3.18. The summed E-state index contributed by atoms with van der Waals surface area (Å²) in [5.41, 5.74) is 4.65. The van der Waals surface area contributed by atoms with Gasteiger partial charge in [0.2, 0.25) is 11.7 Å². The fraction of sp³-hybridized carbons (Fsp3) is 0.200. The van der Waals surface area contributed by atoms with E-state index in [1.54, 1.807) is 13.3 Å². The molecule has 0 saturated heterocycles. The van der Waals surface area contributed by atoms with E-state index in [1.807, 2.05) is 55.6 Å². The van der Waals surface area contributed by atoms with Gasteiger partial charge in [-0.25, -0.2) is 15.0 Å². The van der Waals surface area contributed by atoms with E-state index in [4.69, 9.17) is 4.74 Å². The summed E-state index contributed by atoms with van der Waals surface area (Å²) >= 11 is 1.42. The van der Waals surface area contributed by atoms with Crippen LogP contribution in [0.2, 0.25) is 0 Å². The molecule has 4 aromatic heterocycles. The van der Waals surface area contributed by atoms with Crippen molar-refractivity contribution >= 4 is 22.8 Å². The second kappa shape index (κ2) is 6.59. The molecule has 0 aliphatic carbocycles. The molecular weight excluding hydrogens is 360 g/mol. The summed E-state index contributed by atoms with van der Waals surface area (Å²) in [7, 11) is 1.59. The first-order valence-corrected chi connectivity index (χ1v) is 9.27. The molecule has 6 nitrogen and oxygen atoms in total. The molecule has 7 heteroatoms. The van der Waals surface area contributed by atoms with Crippen LogP contribution >= 0.6 is 11.3 Å². The number of carbonyl (C=O) groups excluding carboxylic acids is 1. The summed E-state index contributed by atoms with van der Waals surface area (Å²) < 4.78 is 6.97. The molecule has 0 amide bonds. The minimum Gasteiger partial charge on any atom is -0.481 e. The topological polar surface area (TPSA) is 69.4 Å². The zero-order valence-corrected chi connectivity index (χ0v) is 16.3. The van der Waals surface area contributed by atoms with Gasteiger partial charge in [-0.15, -0.1) is 11.3 Å². The van der Waals surface area contributed by atoms with Crippen LogP contribution in [0.3, 0.4) is 0 Å². The second-order valence-corrected chi connectivity index (χ2v) is 7.46. The third-order valence-electron chi connectivity index (χ3n) is 4.40. The molecule has 27 heavy (non-hydrogen) atoms. The van der Waals surface area contributed by atoms with Crippen molar-refractivity contribution in [3.05, 3.63) is 63.6 Å². The van der Waals surface area contributed by atoms with Gasteiger partial charge >= 0.3 is 0 Å². The lowest BCUT2D eigenvalue weighted by molar-refractivity contribution is 0.103. The Bertz CT molecular complexity index is 1160.